The van der Waals surface area contributed by atoms with E-state index in [0.29, 0.717) is 41.9 Å². The second kappa shape index (κ2) is 8.89. The van der Waals surface area contributed by atoms with Crippen molar-refractivity contribution in [2.45, 2.75) is 26.4 Å². The van der Waals surface area contributed by atoms with Gasteiger partial charge in [0.15, 0.2) is 0 Å². The molecule has 1 fully saturated rings. The fourth-order valence-corrected chi connectivity index (χ4v) is 3.78. The molecule has 0 bridgehead atoms. The molecular weight excluding hydrogens is 405 g/mol. The summed E-state index contributed by atoms with van der Waals surface area (Å²) in [7, 11) is 0. The molecule has 1 aromatic heterocycles. The molecule has 0 radical (unpaired) electrons. The minimum atomic E-state index is -0.467. The number of amides is 1. The Morgan fingerprint density at radius 3 is 2.43 bits per heavy atom. The van der Waals surface area contributed by atoms with E-state index in [9.17, 15) is 14.9 Å². The second-order valence-electron chi connectivity index (χ2n) is 6.70. The number of nitro groups is 1. The lowest BCUT2D eigenvalue weighted by atomic mass is 10.2. The molecule has 0 spiro atoms. The molecule has 8 nitrogen and oxygen atoms in total. The average molecular weight is 426 g/mol. The van der Waals surface area contributed by atoms with Crippen LogP contribution >= 0.6 is 23.2 Å². The molecule has 150 valence electrons. The Labute approximate surface area is 172 Å². The van der Waals surface area contributed by atoms with E-state index in [2.05, 4.69) is 10.00 Å². The quantitative estimate of drug-likeness (QED) is 0.524. The first-order valence-electron chi connectivity index (χ1n) is 8.96. The number of piperazine rings is 1. The summed E-state index contributed by atoms with van der Waals surface area (Å²) in [5.41, 5.74) is 1.33. The normalized spacial score (nSPS) is 15.0. The highest BCUT2D eigenvalue weighted by atomic mass is 35.5. The van der Waals surface area contributed by atoms with Gasteiger partial charge in [-0.25, -0.2) is 0 Å². The summed E-state index contributed by atoms with van der Waals surface area (Å²) in [5.74, 6) is 0.0213. The number of aryl methyl sites for hydroxylation is 1. The third kappa shape index (κ3) is 4.63. The number of carbonyl (C=O) groups excluding carboxylic acids is 1. The van der Waals surface area contributed by atoms with Crippen LogP contribution in [-0.2, 0) is 17.9 Å². The number of rotatable bonds is 6. The molecule has 1 amide bonds. The molecule has 2 heterocycles. The van der Waals surface area contributed by atoms with Crippen molar-refractivity contribution in [2.75, 3.05) is 26.2 Å². The van der Waals surface area contributed by atoms with Crippen molar-refractivity contribution in [3.63, 3.8) is 0 Å². The maximum Gasteiger partial charge on any atom is 0.309 e. The number of hydrogen-bond acceptors (Lipinski definition) is 5. The molecule has 10 heteroatoms. The maximum absolute atomic E-state index is 12.5. The molecule has 0 atom stereocenters. The van der Waals surface area contributed by atoms with Crippen molar-refractivity contribution in [3.05, 3.63) is 55.8 Å². The van der Waals surface area contributed by atoms with Gasteiger partial charge in [0.05, 0.1) is 11.5 Å². The molecule has 0 aliphatic carbocycles. The van der Waals surface area contributed by atoms with Gasteiger partial charge in [-0.05, 0) is 19.1 Å². The van der Waals surface area contributed by atoms with Crippen LogP contribution in [0.25, 0.3) is 0 Å². The molecule has 1 aromatic carbocycles. The van der Waals surface area contributed by atoms with Crippen molar-refractivity contribution in [2.24, 2.45) is 0 Å². The SMILES string of the molecule is Cc1c([N+](=O)[O-])cnn1CCC(=O)N1CCN(Cc2c(Cl)cccc2Cl)CC1. The van der Waals surface area contributed by atoms with Crippen molar-refractivity contribution in [3.8, 4) is 0 Å². The highest BCUT2D eigenvalue weighted by Crippen LogP contribution is 2.26. The Hall–Kier alpha value is -2.16. The number of halogens is 2. The summed E-state index contributed by atoms with van der Waals surface area (Å²) in [6.45, 7) is 5.33. The van der Waals surface area contributed by atoms with E-state index in [1.54, 1.807) is 6.92 Å². The van der Waals surface area contributed by atoms with Gasteiger partial charge < -0.3 is 4.90 Å². The van der Waals surface area contributed by atoms with Gasteiger partial charge >= 0.3 is 5.69 Å². The van der Waals surface area contributed by atoms with E-state index in [-0.39, 0.29) is 18.0 Å². The first-order valence-corrected chi connectivity index (χ1v) is 9.72. The van der Waals surface area contributed by atoms with E-state index >= 15 is 0 Å². The fourth-order valence-electron chi connectivity index (χ4n) is 3.26. The fraction of sp³-hybridized carbons (Fsp3) is 0.444. The molecule has 3 rings (SSSR count). The Morgan fingerprint density at radius 1 is 1.21 bits per heavy atom. The van der Waals surface area contributed by atoms with Gasteiger partial charge in [-0.3, -0.25) is 24.5 Å². The zero-order valence-electron chi connectivity index (χ0n) is 15.5. The minimum Gasteiger partial charge on any atom is -0.340 e. The molecule has 0 N–H and O–H groups in total. The van der Waals surface area contributed by atoms with Gasteiger partial charge in [0.2, 0.25) is 5.91 Å². The Morgan fingerprint density at radius 2 is 1.86 bits per heavy atom. The summed E-state index contributed by atoms with van der Waals surface area (Å²) in [5, 5.41) is 16.2. The zero-order valence-corrected chi connectivity index (χ0v) is 17.0. The third-order valence-corrected chi connectivity index (χ3v) is 5.69. The van der Waals surface area contributed by atoms with E-state index in [0.717, 1.165) is 18.7 Å². The van der Waals surface area contributed by atoms with Crippen LogP contribution in [0.15, 0.2) is 24.4 Å². The topological polar surface area (TPSA) is 84.5 Å². The van der Waals surface area contributed by atoms with Crippen LogP contribution in [0.1, 0.15) is 17.7 Å². The lowest BCUT2D eigenvalue weighted by Crippen LogP contribution is -2.48. The van der Waals surface area contributed by atoms with Gasteiger partial charge in [-0.1, -0.05) is 29.3 Å². The first-order chi connectivity index (χ1) is 13.4. The molecule has 28 heavy (non-hydrogen) atoms. The minimum absolute atomic E-state index is 0.0213. The zero-order chi connectivity index (χ0) is 20.3. The Kier molecular flexibility index (Phi) is 6.53. The van der Waals surface area contributed by atoms with E-state index in [1.807, 2.05) is 23.1 Å². The summed E-state index contributed by atoms with van der Waals surface area (Å²) in [6.07, 6.45) is 1.48. The molecule has 0 saturated carbocycles. The lowest BCUT2D eigenvalue weighted by Gasteiger charge is -2.35. The van der Waals surface area contributed by atoms with Gasteiger partial charge in [0.1, 0.15) is 11.9 Å². The monoisotopic (exact) mass is 425 g/mol. The largest absolute Gasteiger partial charge is 0.340 e. The van der Waals surface area contributed by atoms with Crippen molar-refractivity contribution in [1.29, 1.82) is 0 Å². The van der Waals surface area contributed by atoms with Crippen LogP contribution in [0.5, 0.6) is 0 Å². The summed E-state index contributed by atoms with van der Waals surface area (Å²) < 4.78 is 1.51. The van der Waals surface area contributed by atoms with E-state index in [4.69, 9.17) is 23.2 Å². The van der Waals surface area contributed by atoms with Crippen LogP contribution in [0.2, 0.25) is 10.0 Å². The molecule has 1 aliphatic heterocycles. The van der Waals surface area contributed by atoms with Crippen molar-refractivity contribution >= 4 is 34.8 Å². The molecule has 1 aliphatic rings. The third-order valence-electron chi connectivity index (χ3n) is 4.98. The lowest BCUT2D eigenvalue weighted by molar-refractivity contribution is -0.385. The highest BCUT2D eigenvalue weighted by Gasteiger charge is 2.23. The Balaban J connectivity index is 1.49. The smallest absolute Gasteiger partial charge is 0.309 e. The maximum atomic E-state index is 12.5. The van der Waals surface area contributed by atoms with Crippen LogP contribution in [0.3, 0.4) is 0 Å². The van der Waals surface area contributed by atoms with Crippen LogP contribution in [0.4, 0.5) is 5.69 Å². The molecule has 2 aromatic rings. The predicted octanol–water partition coefficient (Wildman–Crippen LogP) is 3.14. The number of nitrogens with zero attached hydrogens (tertiary/aromatic N) is 5. The number of carbonyl (C=O) groups is 1. The van der Waals surface area contributed by atoms with Crippen LogP contribution in [0, 0.1) is 17.0 Å². The standard InChI is InChI=1S/C18H21Cl2N5O3/c1-13-17(25(27)28)11-21-24(13)6-5-18(26)23-9-7-22(8-10-23)12-14-15(19)3-2-4-16(14)20/h2-4,11H,5-10,12H2,1H3. The average Bonchev–Trinajstić information content (AvgIpc) is 3.04. The summed E-state index contributed by atoms with van der Waals surface area (Å²) >= 11 is 12.5. The molecule has 0 unspecified atom stereocenters. The second-order valence-corrected chi connectivity index (χ2v) is 7.52. The van der Waals surface area contributed by atoms with Gasteiger partial charge in [0, 0.05) is 54.8 Å². The van der Waals surface area contributed by atoms with Crippen molar-refractivity contribution < 1.29 is 9.72 Å². The van der Waals surface area contributed by atoms with Gasteiger partial charge in [-0.15, -0.1) is 0 Å². The summed E-state index contributed by atoms with van der Waals surface area (Å²) in [4.78, 5) is 26.9. The van der Waals surface area contributed by atoms with Gasteiger partial charge in [0.25, 0.3) is 0 Å². The number of benzene rings is 1. The predicted molar refractivity (Wildman–Crippen MR) is 107 cm³/mol. The summed E-state index contributed by atoms with van der Waals surface area (Å²) in [6, 6.07) is 5.47. The number of hydrogen-bond donors (Lipinski definition) is 0. The highest BCUT2D eigenvalue weighted by molar-refractivity contribution is 6.35. The van der Waals surface area contributed by atoms with Gasteiger partial charge in [-0.2, -0.15) is 5.10 Å². The van der Waals surface area contributed by atoms with Crippen LogP contribution < -0.4 is 0 Å². The van der Waals surface area contributed by atoms with E-state index in [1.165, 1.54) is 10.9 Å². The Bertz CT molecular complexity index is 858. The first kappa shape index (κ1) is 20.6. The molecule has 1 saturated heterocycles. The van der Waals surface area contributed by atoms with E-state index < -0.39 is 4.92 Å². The van der Waals surface area contributed by atoms with Crippen LogP contribution in [-0.4, -0.2) is 56.6 Å². The van der Waals surface area contributed by atoms with Crippen molar-refractivity contribution in [1.82, 2.24) is 19.6 Å². The number of aromatic nitrogens is 2. The molecular formula is C18H21Cl2N5O3.